The molecule has 0 spiro atoms. The number of halogens is 2. The van der Waals surface area contributed by atoms with E-state index in [1.165, 1.54) is 0 Å². The minimum atomic E-state index is 0.390. The minimum Gasteiger partial charge on any atom is -0.291 e. The number of aromatic nitrogens is 3. The van der Waals surface area contributed by atoms with Crippen molar-refractivity contribution in [2.75, 3.05) is 0 Å². The topological polar surface area (TPSA) is 30.2 Å². The van der Waals surface area contributed by atoms with Crippen molar-refractivity contribution in [2.24, 2.45) is 0 Å². The first kappa shape index (κ1) is 7.83. The summed E-state index contributed by atoms with van der Waals surface area (Å²) in [4.78, 5) is 8.13. The Bertz CT molecular complexity index is 410. The van der Waals surface area contributed by atoms with Gasteiger partial charge in [-0.15, -0.1) is 11.6 Å². The summed E-state index contributed by atoms with van der Waals surface area (Å²) in [5.74, 6) is 0.971. The van der Waals surface area contributed by atoms with Crippen LogP contribution in [0.3, 0.4) is 0 Å². The largest absolute Gasteiger partial charge is 0.291 e. The molecular weight excluding hydrogens is 197 g/mol. The van der Waals surface area contributed by atoms with Gasteiger partial charge in [0.15, 0.2) is 0 Å². The molecule has 2 rings (SSSR count). The molecule has 0 unspecified atom stereocenters. The van der Waals surface area contributed by atoms with Gasteiger partial charge in [-0.05, 0) is 6.07 Å². The molecule has 0 aliphatic carbocycles. The quantitative estimate of drug-likeness (QED) is 0.523. The first-order chi connectivity index (χ1) is 5.79. The predicted octanol–water partition coefficient (Wildman–Crippen LogP) is 2.12. The summed E-state index contributed by atoms with van der Waals surface area (Å²) in [6.45, 7) is 0. The van der Waals surface area contributed by atoms with E-state index in [0.29, 0.717) is 16.8 Å². The van der Waals surface area contributed by atoms with Crippen molar-refractivity contribution in [3.05, 3.63) is 29.3 Å². The third-order valence-corrected chi connectivity index (χ3v) is 1.96. The molecule has 2 aromatic heterocycles. The maximum Gasteiger partial charge on any atom is 0.235 e. The highest BCUT2D eigenvalue weighted by Gasteiger charge is 2.00. The van der Waals surface area contributed by atoms with Crippen molar-refractivity contribution in [3.63, 3.8) is 0 Å². The molecule has 0 aliphatic heterocycles. The average molecular weight is 202 g/mol. The van der Waals surface area contributed by atoms with Gasteiger partial charge < -0.3 is 0 Å². The van der Waals surface area contributed by atoms with Crippen molar-refractivity contribution in [1.29, 1.82) is 0 Å². The highest BCUT2D eigenvalue weighted by molar-refractivity contribution is 6.29. The SMILES string of the molecule is ClCc1cn2ccc(Cl)nc2n1. The van der Waals surface area contributed by atoms with Crippen molar-refractivity contribution >= 4 is 29.0 Å². The lowest BCUT2D eigenvalue weighted by Crippen LogP contribution is -1.85. The van der Waals surface area contributed by atoms with E-state index in [2.05, 4.69) is 9.97 Å². The lowest BCUT2D eigenvalue weighted by Gasteiger charge is -1.89. The molecule has 2 heterocycles. The molecule has 3 nitrogen and oxygen atoms in total. The molecule has 0 atom stereocenters. The fourth-order valence-electron chi connectivity index (χ4n) is 0.965. The van der Waals surface area contributed by atoms with E-state index in [9.17, 15) is 0 Å². The molecule has 0 aromatic carbocycles. The Kier molecular flexibility index (Phi) is 1.90. The van der Waals surface area contributed by atoms with Crippen molar-refractivity contribution < 1.29 is 0 Å². The Morgan fingerprint density at radius 3 is 3.00 bits per heavy atom. The molecule has 0 aliphatic rings. The number of imidazole rings is 1. The van der Waals surface area contributed by atoms with E-state index in [0.717, 1.165) is 5.69 Å². The van der Waals surface area contributed by atoms with E-state index >= 15 is 0 Å². The van der Waals surface area contributed by atoms with Crippen LogP contribution in [0.25, 0.3) is 5.78 Å². The molecule has 0 amide bonds. The molecule has 0 N–H and O–H groups in total. The molecule has 62 valence electrons. The van der Waals surface area contributed by atoms with Gasteiger partial charge in [0.05, 0.1) is 11.6 Å². The maximum atomic E-state index is 5.67. The van der Waals surface area contributed by atoms with Crippen LogP contribution in [0.1, 0.15) is 5.69 Å². The van der Waals surface area contributed by atoms with Crippen molar-refractivity contribution in [3.8, 4) is 0 Å². The van der Waals surface area contributed by atoms with Crippen LogP contribution in [0.4, 0.5) is 0 Å². The first-order valence-corrected chi connectivity index (χ1v) is 4.27. The Balaban J connectivity index is 2.67. The summed E-state index contributed by atoms with van der Waals surface area (Å²) in [6, 6.07) is 1.70. The van der Waals surface area contributed by atoms with Gasteiger partial charge in [0.1, 0.15) is 5.15 Å². The molecule has 0 fully saturated rings. The maximum absolute atomic E-state index is 5.67. The third-order valence-electron chi connectivity index (χ3n) is 1.48. The molecule has 5 heteroatoms. The fraction of sp³-hybridized carbons (Fsp3) is 0.143. The van der Waals surface area contributed by atoms with Gasteiger partial charge in [-0.3, -0.25) is 4.40 Å². The number of rotatable bonds is 1. The lowest BCUT2D eigenvalue weighted by molar-refractivity contribution is 1.11. The van der Waals surface area contributed by atoms with Crippen LogP contribution in [0.5, 0.6) is 0 Å². The Morgan fingerprint density at radius 1 is 1.42 bits per heavy atom. The first-order valence-electron chi connectivity index (χ1n) is 3.35. The molecule has 2 aromatic rings. The van der Waals surface area contributed by atoms with Gasteiger partial charge in [0.25, 0.3) is 0 Å². The van der Waals surface area contributed by atoms with Crippen LogP contribution >= 0.6 is 23.2 Å². The Labute approximate surface area is 79.0 Å². The summed E-state index contributed by atoms with van der Waals surface area (Å²) in [5.41, 5.74) is 0.798. The Morgan fingerprint density at radius 2 is 2.25 bits per heavy atom. The van der Waals surface area contributed by atoms with E-state index in [4.69, 9.17) is 23.2 Å². The summed E-state index contributed by atoms with van der Waals surface area (Å²) < 4.78 is 1.78. The van der Waals surface area contributed by atoms with Crippen LogP contribution < -0.4 is 0 Å². The second kappa shape index (κ2) is 2.92. The summed E-state index contributed by atoms with van der Waals surface area (Å²) >= 11 is 11.3. The minimum absolute atomic E-state index is 0.390. The van der Waals surface area contributed by atoms with Crippen LogP contribution in [0.2, 0.25) is 5.15 Å². The lowest BCUT2D eigenvalue weighted by atomic mass is 10.6. The van der Waals surface area contributed by atoms with Crippen LogP contribution in [-0.4, -0.2) is 14.4 Å². The van der Waals surface area contributed by atoms with E-state index < -0.39 is 0 Å². The zero-order valence-corrected chi connectivity index (χ0v) is 7.55. The highest BCUT2D eigenvalue weighted by Crippen LogP contribution is 2.08. The normalized spacial score (nSPS) is 10.8. The second-order valence-corrected chi connectivity index (χ2v) is 2.98. The van der Waals surface area contributed by atoms with Crippen LogP contribution in [0.15, 0.2) is 18.5 Å². The standard InChI is InChI=1S/C7H5Cl2N3/c8-3-5-4-12-2-1-6(9)11-7(12)10-5/h1-2,4H,3H2. The zero-order chi connectivity index (χ0) is 8.55. The van der Waals surface area contributed by atoms with Gasteiger partial charge in [-0.1, -0.05) is 11.6 Å². The van der Waals surface area contributed by atoms with Crippen LogP contribution in [0, 0.1) is 0 Å². The van der Waals surface area contributed by atoms with E-state index in [1.807, 2.05) is 6.20 Å². The highest BCUT2D eigenvalue weighted by atomic mass is 35.5. The average Bonchev–Trinajstić information content (AvgIpc) is 2.46. The number of nitrogens with zero attached hydrogens (tertiary/aromatic N) is 3. The van der Waals surface area contributed by atoms with Gasteiger partial charge in [-0.25, -0.2) is 9.97 Å². The number of alkyl halides is 1. The van der Waals surface area contributed by atoms with Crippen molar-refractivity contribution in [2.45, 2.75) is 5.88 Å². The number of hydrogen-bond acceptors (Lipinski definition) is 2. The molecule has 0 bridgehead atoms. The zero-order valence-electron chi connectivity index (χ0n) is 6.04. The second-order valence-electron chi connectivity index (χ2n) is 2.32. The van der Waals surface area contributed by atoms with Gasteiger partial charge in [0, 0.05) is 12.4 Å². The van der Waals surface area contributed by atoms with Crippen molar-refractivity contribution in [1.82, 2.24) is 14.4 Å². The van der Waals surface area contributed by atoms with E-state index in [-0.39, 0.29) is 0 Å². The van der Waals surface area contributed by atoms with Gasteiger partial charge >= 0.3 is 0 Å². The molecular formula is C7H5Cl2N3. The fourth-order valence-corrected chi connectivity index (χ4v) is 1.23. The molecule has 0 radical (unpaired) electrons. The summed E-state index contributed by atoms with van der Waals surface area (Å²) in [7, 11) is 0. The smallest absolute Gasteiger partial charge is 0.235 e. The van der Waals surface area contributed by atoms with E-state index in [1.54, 1.807) is 16.7 Å². The third kappa shape index (κ3) is 1.26. The monoisotopic (exact) mass is 201 g/mol. The summed E-state index contributed by atoms with van der Waals surface area (Å²) in [6.07, 6.45) is 3.62. The molecule has 0 saturated carbocycles. The van der Waals surface area contributed by atoms with Crippen LogP contribution in [-0.2, 0) is 5.88 Å². The summed E-state index contributed by atoms with van der Waals surface area (Å²) in [5, 5.41) is 0.439. The van der Waals surface area contributed by atoms with Gasteiger partial charge in [-0.2, -0.15) is 0 Å². The molecule has 12 heavy (non-hydrogen) atoms. The Hall–Kier alpha value is -0.800. The van der Waals surface area contributed by atoms with Gasteiger partial charge in [0.2, 0.25) is 5.78 Å². The number of hydrogen-bond donors (Lipinski definition) is 0. The molecule has 0 saturated heterocycles. The number of fused-ring (bicyclic) bond motifs is 1. The predicted molar refractivity (Wildman–Crippen MR) is 47.6 cm³/mol.